The lowest BCUT2D eigenvalue weighted by Crippen LogP contribution is -2.10. The molecule has 0 spiro atoms. The molecule has 3 nitrogen and oxygen atoms in total. The average Bonchev–Trinajstić information content (AvgIpc) is 3.56. The molecule has 1 aromatic heterocycles. The highest BCUT2D eigenvalue weighted by Gasteiger charge is 2.26. The predicted molar refractivity (Wildman–Crippen MR) is 230 cm³/mol. The first kappa shape index (κ1) is 31.2. The van der Waals surface area contributed by atoms with Crippen LogP contribution < -0.4 is 9.80 Å². The number of para-hydroxylation sites is 3. The van der Waals surface area contributed by atoms with Gasteiger partial charge in [-0.1, -0.05) is 127 Å². The Morgan fingerprint density at radius 3 is 1.80 bits per heavy atom. The van der Waals surface area contributed by atoms with E-state index in [1.54, 1.807) is 0 Å². The quantitative estimate of drug-likeness (QED) is 0.178. The molecule has 0 saturated heterocycles. The fourth-order valence-corrected chi connectivity index (χ4v) is 8.45. The van der Waals surface area contributed by atoms with Crippen LogP contribution in [0.2, 0.25) is 0 Å². The van der Waals surface area contributed by atoms with Gasteiger partial charge in [-0.05, 0) is 107 Å². The summed E-state index contributed by atoms with van der Waals surface area (Å²) in [6.07, 6.45) is 0. The van der Waals surface area contributed by atoms with E-state index in [-0.39, 0.29) is 0 Å². The maximum Gasteiger partial charge on any atom is 0.135 e. The zero-order valence-electron chi connectivity index (χ0n) is 29.9. The van der Waals surface area contributed by atoms with E-state index >= 15 is 0 Å². The highest BCUT2D eigenvalue weighted by atomic mass is 16.3. The lowest BCUT2D eigenvalue weighted by atomic mass is 9.92. The second-order valence-corrected chi connectivity index (χ2v) is 14.1. The summed E-state index contributed by atoms with van der Waals surface area (Å²) in [5, 5.41) is 4.59. The first-order chi connectivity index (χ1) is 27.3. The number of rotatable bonds is 5. The molecule has 0 radical (unpaired) electrons. The van der Waals surface area contributed by atoms with Gasteiger partial charge in [0, 0.05) is 44.3 Å². The second kappa shape index (κ2) is 12.6. The summed E-state index contributed by atoms with van der Waals surface area (Å²) in [6.45, 7) is 0. The zero-order valence-corrected chi connectivity index (χ0v) is 29.9. The molecular formula is C52H34N2O. The summed E-state index contributed by atoms with van der Waals surface area (Å²) < 4.78 is 6.49. The number of anilines is 6. The van der Waals surface area contributed by atoms with Crippen LogP contribution in [0, 0.1) is 0 Å². The number of benzene rings is 9. The second-order valence-electron chi connectivity index (χ2n) is 14.1. The van der Waals surface area contributed by atoms with E-state index in [1.807, 2.05) is 0 Å². The molecule has 2 heterocycles. The van der Waals surface area contributed by atoms with Crippen molar-refractivity contribution in [1.82, 2.24) is 0 Å². The molecule has 0 fully saturated rings. The predicted octanol–water partition coefficient (Wildman–Crippen LogP) is 15.0. The van der Waals surface area contributed by atoms with Crippen LogP contribution in [0.1, 0.15) is 0 Å². The Morgan fingerprint density at radius 2 is 0.964 bits per heavy atom. The molecular weight excluding hydrogens is 669 g/mol. The van der Waals surface area contributed by atoms with Gasteiger partial charge in [0.2, 0.25) is 0 Å². The third-order valence-electron chi connectivity index (χ3n) is 11.0. The van der Waals surface area contributed by atoms with Crippen LogP contribution in [-0.2, 0) is 0 Å². The number of furan rings is 1. The van der Waals surface area contributed by atoms with Crippen molar-refractivity contribution in [3.63, 3.8) is 0 Å². The Labute approximate surface area is 319 Å². The number of hydrogen-bond acceptors (Lipinski definition) is 3. The van der Waals surface area contributed by atoms with Crippen LogP contribution in [0.25, 0.3) is 66.1 Å². The van der Waals surface area contributed by atoms with Gasteiger partial charge in [-0.3, -0.25) is 0 Å². The Hall–Kier alpha value is -7.36. The molecule has 1 aliphatic rings. The summed E-state index contributed by atoms with van der Waals surface area (Å²) in [4.78, 5) is 4.75. The van der Waals surface area contributed by atoms with Gasteiger partial charge < -0.3 is 14.2 Å². The van der Waals surface area contributed by atoms with Crippen molar-refractivity contribution in [2.24, 2.45) is 0 Å². The lowest BCUT2D eigenvalue weighted by Gasteiger charge is -2.27. The van der Waals surface area contributed by atoms with E-state index in [0.717, 1.165) is 61.5 Å². The van der Waals surface area contributed by atoms with E-state index in [2.05, 4.69) is 216 Å². The van der Waals surface area contributed by atoms with Gasteiger partial charge in [0.05, 0.1) is 17.1 Å². The topological polar surface area (TPSA) is 19.6 Å². The number of nitrogens with zero attached hydrogens (tertiary/aromatic N) is 2. The van der Waals surface area contributed by atoms with Crippen molar-refractivity contribution in [3.8, 4) is 33.4 Å². The molecule has 258 valence electrons. The van der Waals surface area contributed by atoms with E-state index in [1.165, 1.54) is 38.7 Å². The van der Waals surface area contributed by atoms with Gasteiger partial charge in [0.1, 0.15) is 11.2 Å². The van der Waals surface area contributed by atoms with Gasteiger partial charge in [0.25, 0.3) is 0 Å². The Balaban J connectivity index is 1.08. The molecule has 10 aromatic rings. The fourth-order valence-electron chi connectivity index (χ4n) is 8.45. The maximum atomic E-state index is 6.49. The van der Waals surface area contributed by atoms with Crippen LogP contribution in [0.15, 0.2) is 211 Å². The molecule has 11 rings (SSSR count). The minimum Gasteiger partial charge on any atom is -0.456 e. The minimum absolute atomic E-state index is 0.869. The van der Waals surface area contributed by atoms with E-state index < -0.39 is 0 Å². The summed E-state index contributed by atoms with van der Waals surface area (Å²) >= 11 is 0. The summed E-state index contributed by atoms with van der Waals surface area (Å²) in [7, 11) is 0. The lowest BCUT2D eigenvalue weighted by molar-refractivity contribution is 0.669. The molecule has 0 atom stereocenters. The van der Waals surface area contributed by atoms with Crippen molar-refractivity contribution >= 4 is 66.8 Å². The normalized spacial score (nSPS) is 12.0. The Kier molecular flexibility index (Phi) is 7.17. The van der Waals surface area contributed by atoms with Gasteiger partial charge in [-0.2, -0.15) is 0 Å². The molecule has 3 heteroatoms. The first-order valence-electron chi connectivity index (χ1n) is 18.8. The molecule has 0 N–H and O–H groups in total. The standard InChI is InChI=1S/C52H34N2O/c1-3-16-38(17-4-1)53(48-25-13-15-35-14-7-8-20-41(35)48)40-28-31-52-47(34-40)46-33-37(27-30-51(46)55-52)36-26-29-50-45(32-36)43-22-10-9-21-42(43)44-23-11-12-24-49(44)54(50)39-18-5-2-6-19-39/h1-34H. The van der Waals surface area contributed by atoms with Gasteiger partial charge in [0.15, 0.2) is 0 Å². The van der Waals surface area contributed by atoms with E-state index in [0.29, 0.717) is 0 Å². The molecule has 0 saturated carbocycles. The highest BCUT2D eigenvalue weighted by Crippen LogP contribution is 2.51. The van der Waals surface area contributed by atoms with Crippen LogP contribution >= 0.6 is 0 Å². The summed E-state index contributed by atoms with van der Waals surface area (Å²) in [5.41, 5.74) is 15.7. The molecule has 0 aliphatic carbocycles. The summed E-state index contributed by atoms with van der Waals surface area (Å²) in [5.74, 6) is 0. The SMILES string of the molecule is c1ccc(N2c3ccccc3-c3ccccc3-c3cc(-c4ccc5oc6ccc(N(c7ccccc7)c7cccc8ccccc78)cc6c5c4)ccc32)cc1. The fraction of sp³-hybridized carbons (Fsp3) is 0. The zero-order chi connectivity index (χ0) is 36.3. The van der Waals surface area contributed by atoms with Crippen molar-refractivity contribution in [2.45, 2.75) is 0 Å². The third-order valence-corrected chi connectivity index (χ3v) is 11.0. The maximum absolute atomic E-state index is 6.49. The largest absolute Gasteiger partial charge is 0.456 e. The van der Waals surface area contributed by atoms with Crippen LogP contribution in [0.5, 0.6) is 0 Å². The molecule has 0 bridgehead atoms. The van der Waals surface area contributed by atoms with E-state index in [4.69, 9.17) is 4.42 Å². The molecule has 0 unspecified atom stereocenters. The van der Waals surface area contributed by atoms with E-state index in [9.17, 15) is 0 Å². The van der Waals surface area contributed by atoms with Crippen LogP contribution in [0.3, 0.4) is 0 Å². The summed E-state index contributed by atoms with van der Waals surface area (Å²) in [6, 6.07) is 74.0. The minimum atomic E-state index is 0.869. The third kappa shape index (κ3) is 5.13. The first-order valence-corrected chi connectivity index (χ1v) is 18.8. The molecule has 0 amide bonds. The highest BCUT2D eigenvalue weighted by molar-refractivity contribution is 6.09. The van der Waals surface area contributed by atoms with Crippen molar-refractivity contribution < 1.29 is 4.42 Å². The molecule has 1 aliphatic heterocycles. The van der Waals surface area contributed by atoms with Crippen molar-refractivity contribution in [2.75, 3.05) is 9.80 Å². The number of hydrogen-bond donors (Lipinski definition) is 0. The Bertz CT molecular complexity index is 3050. The molecule has 9 aromatic carbocycles. The van der Waals surface area contributed by atoms with Gasteiger partial charge in [-0.25, -0.2) is 0 Å². The smallest absolute Gasteiger partial charge is 0.135 e. The van der Waals surface area contributed by atoms with Crippen molar-refractivity contribution in [3.05, 3.63) is 206 Å². The van der Waals surface area contributed by atoms with Crippen LogP contribution in [-0.4, -0.2) is 0 Å². The molecule has 55 heavy (non-hydrogen) atoms. The monoisotopic (exact) mass is 702 g/mol. The average molecular weight is 703 g/mol. The van der Waals surface area contributed by atoms with Crippen LogP contribution in [0.4, 0.5) is 34.1 Å². The van der Waals surface area contributed by atoms with Crippen molar-refractivity contribution in [1.29, 1.82) is 0 Å². The van der Waals surface area contributed by atoms with Gasteiger partial charge >= 0.3 is 0 Å². The van der Waals surface area contributed by atoms with Gasteiger partial charge in [-0.15, -0.1) is 0 Å². The Morgan fingerprint density at radius 1 is 0.364 bits per heavy atom. The number of fused-ring (bicyclic) bond motifs is 9.